The van der Waals surface area contributed by atoms with Crippen molar-refractivity contribution in [3.8, 4) is 0 Å². The molecule has 3 nitrogen and oxygen atoms in total. The molecule has 0 radical (unpaired) electrons. The van der Waals surface area contributed by atoms with Crippen LogP contribution in [0, 0.1) is 5.92 Å². The van der Waals surface area contributed by atoms with Crippen LogP contribution in [0.5, 0.6) is 0 Å². The van der Waals surface area contributed by atoms with E-state index < -0.39 is 0 Å². The van der Waals surface area contributed by atoms with E-state index in [1.807, 2.05) is 0 Å². The maximum atomic E-state index is 5.65. The lowest BCUT2D eigenvalue weighted by Crippen LogP contribution is -2.29. The molecule has 2 heterocycles. The van der Waals surface area contributed by atoms with Crippen LogP contribution in [0.15, 0.2) is 0 Å². The van der Waals surface area contributed by atoms with E-state index in [0.717, 1.165) is 19.1 Å². The summed E-state index contributed by atoms with van der Waals surface area (Å²) in [7, 11) is 2.23. The first-order valence-corrected chi connectivity index (χ1v) is 6.85. The molecule has 0 saturated carbocycles. The van der Waals surface area contributed by atoms with Gasteiger partial charge in [0.25, 0.3) is 0 Å². The zero-order valence-corrected chi connectivity index (χ0v) is 10.6. The van der Waals surface area contributed by atoms with E-state index in [2.05, 4.69) is 17.3 Å². The lowest BCUT2D eigenvalue weighted by Gasteiger charge is -2.20. The lowest BCUT2D eigenvalue weighted by atomic mass is 10.0. The predicted octanol–water partition coefficient (Wildman–Crippen LogP) is 1.49. The van der Waals surface area contributed by atoms with E-state index in [0.29, 0.717) is 6.10 Å². The molecule has 2 aliphatic rings. The number of hydrogen-bond donors (Lipinski definition) is 1. The highest BCUT2D eigenvalue weighted by Crippen LogP contribution is 2.16. The third-order valence-electron chi connectivity index (χ3n) is 3.85. The van der Waals surface area contributed by atoms with Crippen molar-refractivity contribution in [1.29, 1.82) is 0 Å². The van der Waals surface area contributed by atoms with Crippen molar-refractivity contribution < 1.29 is 4.74 Å². The minimum atomic E-state index is 0.512. The summed E-state index contributed by atoms with van der Waals surface area (Å²) in [6, 6.07) is 0. The molecule has 0 aliphatic carbocycles. The monoisotopic (exact) mass is 226 g/mol. The van der Waals surface area contributed by atoms with Crippen LogP contribution in [-0.4, -0.2) is 50.8 Å². The number of hydrogen-bond acceptors (Lipinski definition) is 3. The number of nitrogens with one attached hydrogen (secondary N) is 1. The molecule has 2 aliphatic heterocycles. The van der Waals surface area contributed by atoms with E-state index in [-0.39, 0.29) is 0 Å². The summed E-state index contributed by atoms with van der Waals surface area (Å²) < 4.78 is 5.65. The average molecular weight is 226 g/mol. The fraction of sp³-hybridized carbons (Fsp3) is 1.00. The van der Waals surface area contributed by atoms with Crippen LogP contribution in [0.1, 0.15) is 32.1 Å². The van der Waals surface area contributed by atoms with Crippen molar-refractivity contribution in [2.45, 2.75) is 38.2 Å². The highest BCUT2D eigenvalue weighted by molar-refractivity contribution is 4.72. The molecule has 0 spiro atoms. The van der Waals surface area contributed by atoms with E-state index in [1.165, 1.54) is 51.7 Å². The Kier molecular flexibility index (Phi) is 5.07. The minimum Gasteiger partial charge on any atom is -0.377 e. The molecule has 94 valence electrons. The molecule has 0 aromatic rings. The summed E-state index contributed by atoms with van der Waals surface area (Å²) in [4.78, 5) is 2.44. The van der Waals surface area contributed by atoms with Crippen molar-refractivity contribution in [3.05, 3.63) is 0 Å². The van der Waals surface area contributed by atoms with Gasteiger partial charge in [0, 0.05) is 13.2 Å². The molecular formula is C13H26N2O. The third kappa shape index (κ3) is 4.04. The number of ether oxygens (including phenoxy) is 1. The molecule has 0 aromatic heterocycles. The van der Waals surface area contributed by atoms with Gasteiger partial charge in [0.05, 0.1) is 6.10 Å². The van der Waals surface area contributed by atoms with Gasteiger partial charge in [-0.3, -0.25) is 0 Å². The largest absolute Gasteiger partial charge is 0.377 e. The summed E-state index contributed by atoms with van der Waals surface area (Å²) in [5.41, 5.74) is 0. The molecule has 16 heavy (non-hydrogen) atoms. The molecule has 2 rings (SSSR count). The third-order valence-corrected chi connectivity index (χ3v) is 3.85. The smallest absolute Gasteiger partial charge is 0.0702 e. The van der Waals surface area contributed by atoms with E-state index in [9.17, 15) is 0 Å². The maximum absolute atomic E-state index is 5.65. The Morgan fingerprint density at radius 3 is 3.00 bits per heavy atom. The highest BCUT2D eigenvalue weighted by atomic mass is 16.5. The van der Waals surface area contributed by atoms with Crippen LogP contribution in [0.4, 0.5) is 0 Å². The summed E-state index contributed by atoms with van der Waals surface area (Å²) >= 11 is 0. The lowest BCUT2D eigenvalue weighted by molar-refractivity contribution is 0.0805. The Labute approximate surface area is 99.5 Å². The van der Waals surface area contributed by atoms with Crippen LogP contribution in [0.3, 0.4) is 0 Å². The van der Waals surface area contributed by atoms with Gasteiger partial charge in [-0.15, -0.1) is 0 Å². The molecule has 2 fully saturated rings. The normalized spacial score (nSPS) is 30.4. The second-order valence-electron chi connectivity index (χ2n) is 5.40. The van der Waals surface area contributed by atoms with Crippen LogP contribution in [0.25, 0.3) is 0 Å². The fourth-order valence-electron chi connectivity index (χ4n) is 2.84. The molecule has 0 amide bonds. The zero-order valence-electron chi connectivity index (χ0n) is 10.6. The molecule has 2 saturated heterocycles. The second-order valence-corrected chi connectivity index (χ2v) is 5.40. The van der Waals surface area contributed by atoms with Crippen LogP contribution in [-0.2, 0) is 4.74 Å². The van der Waals surface area contributed by atoms with Crippen molar-refractivity contribution in [1.82, 2.24) is 10.2 Å². The summed E-state index contributed by atoms with van der Waals surface area (Å²) in [5, 5.41) is 3.44. The number of rotatable bonds is 6. The van der Waals surface area contributed by atoms with Gasteiger partial charge in [0.15, 0.2) is 0 Å². The van der Waals surface area contributed by atoms with Crippen molar-refractivity contribution in [2.24, 2.45) is 5.92 Å². The molecule has 3 heteroatoms. The Morgan fingerprint density at radius 1 is 1.38 bits per heavy atom. The van der Waals surface area contributed by atoms with Crippen LogP contribution in [0.2, 0.25) is 0 Å². The molecule has 2 unspecified atom stereocenters. The number of nitrogens with zero attached hydrogens (tertiary/aromatic N) is 1. The van der Waals surface area contributed by atoms with Gasteiger partial charge < -0.3 is 15.0 Å². The van der Waals surface area contributed by atoms with Crippen molar-refractivity contribution in [2.75, 3.05) is 39.8 Å². The summed E-state index contributed by atoms with van der Waals surface area (Å²) in [5.74, 6) is 0.941. The van der Waals surface area contributed by atoms with Crippen LogP contribution < -0.4 is 5.32 Å². The van der Waals surface area contributed by atoms with Gasteiger partial charge in [-0.05, 0) is 64.7 Å². The zero-order chi connectivity index (χ0) is 11.2. The quantitative estimate of drug-likeness (QED) is 0.742. The van der Waals surface area contributed by atoms with Gasteiger partial charge >= 0.3 is 0 Å². The fourth-order valence-corrected chi connectivity index (χ4v) is 2.84. The molecular weight excluding hydrogens is 200 g/mol. The first-order valence-electron chi connectivity index (χ1n) is 6.85. The van der Waals surface area contributed by atoms with E-state index in [4.69, 9.17) is 4.74 Å². The number of likely N-dealkylation sites (N-methyl/N-ethyl adjacent to an activating group) is 1. The molecule has 1 N–H and O–H groups in total. The van der Waals surface area contributed by atoms with Gasteiger partial charge in [0.1, 0.15) is 0 Å². The average Bonchev–Trinajstić information content (AvgIpc) is 2.90. The first kappa shape index (κ1) is 12.3. The van der Waals surface area contributed by atoms with E-state index in [1.54, 1.807) is 0 Å². The molecule has 0 aromatic carbocycles. The standard InChI is InChI=1S/C13H26N2O/c1-15(11-13-5-3-9-16-13)8-2-4-12-6-7-14-10-12/h12-14H,2-11H2,1H3. The van der Waals surface area contributed by atoms with Gasteiger partial charge in [-0.25, -0.2) is 0 Å². The van der Waals surface area contributed by atoms with Crippen LogP contribution >= 0.6 is 0 Å². The Hall–Kier alpha value is -0.120. The summed E-state index contributed by atoms with van der Waals surface area (Å²) in [6.07, 6.45) is 7.15. The maximum Gasteiger partial charge on any atom is 0.0702 e. The Bertz CT molecular complexity index is 186. The van der Waals surface area contributed by atoms with Gasteiger partial charge in [-0.2, -0.15) is 0 Å². The van der Waals surface area contributed by atoms with Gasteiger partial charge in [0.2, 0.25) is 0 Å². The van der Waals surface area contributed by atoms with Gasteiger partial charge in [-0.1, -0.05) is 0 Å². The van der Waals surface area contributed by atoms with Crippen molar-refractivity contribution in [3.63, 3.8) is 0 Å². The Morgan fingerprint density at radius 2 is 2.31 bits per heavy atom. The predicted molar refractivity (Wildman–Crippen MR) is 66.7 cm³/mol. The first-order chi connectivity index (χ1) is 7.84. The molecule has 0 bridgehead atoms. The Balaban J connectivity index is 1.51. The van der Waals surface area contributed by atoms with E-state index >= 15 is 0 Å². The summed E-state index contributed by atoms with van der Waals surface area (Å²) in [6.45, 7) is 5.82. The second kappa shape index (κ2) is 6.58. The minimum absolute atomic E-state index is 0.512. The topological polar surface area (TPSA) is 24.5 Å². The van der Waals surface area contributed by atoms with Crippen molar-refractivity contribution >= 4 is 0 Å². The molecule has 2 atom stereocenters. The highest BCUT2D eigenvalue weighted by Gasteiger charge is 2.18. The SMILES string of the molecule is CN(CCCC1CCNC1)CC1CCCO1.